The van der Waals surface area contributed by atoms with Crippen molar-refractivity contribution < 1.29 is 24.2 Å². The average molecular weight is 567 g/mol. The van der Waals surface area contributed by atoms with Gasteiger partial charge in [0, 0.05) is 0 Å². The summed E-state index contributed by atoms with van der Waals surface area (Å²) in [7, 11) is 0. The highest BCUT2D eigenvalue weighted by molar-refractivity contribution is 5.93. The molecule has 0 heterocycles. The molecule has 0 amide bonds. The fourth-order valence-electron chi connectivity index (χ4n) is 10.4. The van der Waals surface area contributed by atoms with Gasteiger partial charge in [0.25, 0.3) is 0 Å². The van der Waals surface area contributed by atoms with Crippen LogP contribution in [0, 0.1) is 52.3 Å². The maximum Gasteiger partial charge on any atom is 0.344 e. The molecule has 0 bridgehead atoms. The van der Waals surface area contributed by atoms with Gasteiger partial charge >= 0.3 is 11.9 Å². The summed E-state index contributed by atoms with van der Waals surface area (Å²) in [6, 6.07) is 6.19. The van der Waals surface area contributed by atoms with Crippen molar-refractivity contribution in [2.45, 2.75) is 118 Å². The zero-order valence-electron chi connectivity index (χ0n) is 26.2. The van der Waals surface area contributed by atoms with Crippen molar-refractivity contribution in [3.05, 3.63) is 29.8 Å². The molecule has 0 aromatic heterocycles. The summed E-state index contributed by atoms with van der Waals surface area (Å²) in [5.74, 6) is 4.31. The predicted octanol–water partition coefficient (Wildman–Crippen LogP) is 8.58. The Morgan fingerprint density at radius 2 is 1.66 bits per heavy atom. The summed E-state index contributed by atoms with van der Waals surface area (Å²) in [5.41, 5.74) is 0.913. The van der Waals surface area contributed by atoms with E-state index in [4.69, 9.17) is 9.47 Å². The lowest BCUT2D eigenvalue weighted by atomic mass is 9.44. The molecule has 9 atom stereocenters. The highest BCUT2D eigenvalue weighted by Gasteiger charge is 2.60. The molecule has 1 N–H and O–H groups in total. The van der Waals surface area contributed by atoms with Crippen LogP contribution in [0.5, 0.6) is 5.75 Å². The minimum absolute atomic E-state index is 0.0586. The first-order chi connectivity index (χ1) is 19.5. The number of para-hydroxylation sites is 1. The Balaban J connectivity index is 1.14. The van der Waals surface area contributed by atoms with Gasteiger partial charge in [-0.25, -0.2) is 9.59 Å². The third kappa shape index (κ3) is 6.07. The number of carbonyl (C=O) groups excluding carboxylic acids is 2. The van der Waals surface area contributed by atoms with E-state index in [0.717, 1.165) is 54.8 Å². The zero-order chi connectivity index (χ0) is 29.4. The first kappa shape index (κ1) is 30.4. The van der Waals surface area contributed by atoms with Gasteiger partial charge in [0.05, 0.1) is 0 Å². The third-order valence-corrected chi connectivity index (χ3v) is 12.6. The fourth-order valence-corrected chi connectivity index (χ4v) is 10.4. The van der Waals surface area contributed by atoms with Crippen LogP contribution in [0.2, 0.25) is 0 Å². The second kappa shape index (κ2) is 12.3. The van der Waals surface area contributed by atoms with E-state index in [1.807, 2.05) is 0 Å². The van der Waals surface area contributed by atoms with E-state index in [-0.39, 0.29) is 17.4 Å². The quantitative estimate of drug-likeness (QED) is 0.303. The molecule has 0 aliphatic heterocycles. The topological polar surface area (TPSA) is 72.8 Å². The van der Waals surface area contributed by atoms with E-state index in [0.29, 0.717) is 16.7 Å². The van der Waals surface area contributed by atoms with Crippen LogP contribution in [-0.4, -0.2) is 29.8 Å². The highest BCUT2D eigenvalue weighted by atomic mass is 16.6. The van der Waals surface area contributed by atoms with Crippen LogP contribution < -0.4 is 0 Å². The van der Waals surface area contributed by atoms with E-state index in [9.17, 15) is 14.7 Å². The van der Waals surface area contributed by atoms with E-state index >= 15 is 0 Å². The summed E-state index contributed by atoms with van der Waals surface area (Å²) >= 11 is 0. The van der Waals surface area contributed by atoms with Crippen LogP contribution in [-0.2, 0) is 14.3 Å². The minimum Gasteiger partial charge on any atom is -0.507 e. The van der Waals surface area contributed by atoms with Crippen LogP contribution in [0.25, 0.3) is 0 Å². The largest absolute Gasteiger partial charge is 0.507 e. The lowest BCUT2D eigenvalue weighted by molar-refractivity contribution is -0.165. The van der Waals surface area contributed by atoms with Crippen molar-refractivity contribution in [1.29, 1.82) is 0 Å². The standard InChI is InChI=1S/C36H54O5/c1-23(2)9-8-10-24(3)29-15-16-30-27-14-13-25-21-26(17-19-35(25,4)31(27)18-20-36(29,30)5)41-33(38)22-40-34(39)28-11-6-7-12-32(28)37/h6-7,11-12,23-27,29-31,37H,8-10,13-22H2,1-5H3/t24?,25?,26?,27?,29?,30?,31?,35-,36+/m0/s1. The zero-order valence-corrected chi connectivity index (χ0v) is 26.2. The number of phenols is 1. The first-order valence-electron chi connectivity index (χ1n) is 16.7. The maximum absolute atomic E-state index is 12.6. The van der Waals surface area contributed by atoms with Gasteiger partial charge in [0.1, 0.15) is 17.4 Å². The Labute approximate surface area is 248 Å². The lowest BCUT2D eigenvalue weighted by Crippen LogP contribution is -2.54. The predicted molar refractivity (Wildman–Crippen MR) is 161 cm³/mol. The molecule has 4 fully saturated rings. The number of esters is 2. The van der Waals surface area contributed by atoms with Crippen LogP contribution in [0.1, 0.15) is 122 Å². The molecule has 4 aliphatic carbocycles. The first-order valence-corrected chi connectivity index (χ1v) is 16.7. The van der Waals surface area contributed by atoms with Gasteiger partial charge in [-0.1, -0.05) is 66.0 Å². The molecule has 5 nitrogen and oxygen atoms in total. The molecule has 228 valence electrons. The van der Waals surface area contributed by atoms with Crippen molar-refractivity contribution in [2.75, 3.05) is 6.61 Å². The Bertz CT molecular complexity index is 1080. The van der Waals surface area contributed by atoms with Gasteiger partial charge in [-0.2, -0.15) is 0 Å². The van der Waals surface area contributed by atoms with E-state index in [1.165, 1.54) is 69.9 Å². The number of hydrogen-bond donors (Lipinski definition) is 1. The summed E-state index contributed by atoms with van der Waals surface area (Å²) in [6.07, 6.45) is 15.2. The molecular weight excluding hydrogens is 512 g/mol. The van der Waals surface area contributed by atoms with Gasteiger partial charge in [-0.15, -0.1) is 0 Å². The molecule has 7 unspecified atom stereocenters. The number of hydrogen-bond acceptors (Lipinski definition) is 5. The molecule has 0 saturated heterocycles. The molecular formula is C36H54O5. The molecule has 5 heteroatoms. The molecule has 1 aromatic rings. The SMILES string of the molecule is CC(C)CCCC(C)C1CCC2C3CCC4CC(OC(=O)COC(=O)c5ccccc5O)CC[C@]4(C)C3CC[C@]12C. The van der Waals surface area contributed by atoms with Crippen LogP contribution in [0.15, 0.2) is 24.3 Å². The van der Waals surface area contributed by atoms with Crippen molar-refractivity contribution in [1.82, 2.24) is 0 Å². The maximum atomic E-state index is 12.6. The van der Waals surface area contributed by atoms with Crippen molar-refractivity contribution in [3.8, 4) is 5.75 Å². The number of fused-ring (bicyclic) bond motifs is 5. The minimum atomic E-state index is -0.710. The lowest BCUT2D eigenvalue weighted by Gasteiger charge is -2.61. The Kier molecular flexibility index (Phi) is 9.12. The highest BCUT2D eigenvalue weighted by Crippen LogP contribution is 2.68. The number of carbonyl (C=O) groups is 2. The third-order valence-electron chi connectivity index (χ3n) is 12.6. The Morgan fingerprint density at radius 1 is 0.927 bits per heavy atom. The average Bonchev–Trinajstić information content (AvgIpc) is 3.29. The monoisotopic (exact) mass is 566 g/mol. The molecule has 5 rings (SSSR count). The molecule has 0 spiro atoms. The van der Waals surface area contributed by atoms with E-state index < -0.39 is 18.5 Å². The smallest absolute Gasteiger partial charge is 0.344 e. The van der Waals surface area contributed by atoms with Gasteiger partial charge in [0.2, 0.25) is 0 Å². The molecule has 4 aliphatic rings. The normalized spacial score (nSPS) is 37.0. The summed E-state index contributed by atoms with van der Waals surface area (Å²) in [4.78, 5) is 24.8. The Hall–Kier alpha value is -2.04. The summed E-state index contributed by atoms with van der Waals surface area (Å²) < 4.78 is 11.0. The number of benzene rings is 1. The van der Waals surface area contributed by atoms with Gasteiger partial charge in [-0.05, 0) is 122 Å². The molecule has 1 aromatic carbocycles. The van der Waals surface area contributed by atoms with Crippen molar-refractivity contribution in [2.24, 2.45) is 52.3 Å². The van der Waals surface area contributed by atoms with Crippen LogP contribution in [0.3, 0.4) is 0 Å². The molecule has 41 heavy (non-hydrogen) atoms. The van der Waals surface area contributed by atoms with Gasteiger partial charge in [-0.3, -0.25) is 0 Å². The second-order valence-corrected chi connectivity index (χ2v) is 15.2. The van der Waals surface area contributed by atoms with E-state index in [1.54, 1.807) is 12.1 Å². The van der Waals surface area contributed by atoms with Crippen LogP contribution in [0.4, 0.5) is 0 Å². The number of rotatable bonds is 9. The number of ether oxygens (including phenoxy) is 2. The van der Waals surface area contributed by atoms with Gasteiger partial charge in [0.15, 0.2) is 6.61 Å². The molecule has 0 radical (unpaired) electrons. The van der Waals surface area contributed by atoms with Crippen molar-refractivity contribution >= 4 is 11.9 Å². The van der Waals surface area contributed by atoms with Crippen molar-refractivity contribution in [3.63, 3.8) is 0 Å². The summed E-state index contributed by atoms with van der Waals surface area (Å²) in [6.45, 7) is 12.1. The van der Waals surface area contributed by atoms with Crippen LogP contribution >= 0.6 is 0 Å². The number of phenolic OH excluding ortho intramolecular Hbond substituents is 1. The summed E-state index contributed by atoms with van der Waals surface area (Å²) in [5, 5.41) is 9.86. The molecule has 4 saturated carbocycles. The Morgan fingerprint density at radius 3 is 2.41 bits per heavy atom. The van der Waals surface area contributed by atoms with Gasteiger partial charge < -0.3 is 14.6 Å². The van der Waals surface area contributed by atoms with E-state index in [2.05, 4.69) is 34.6 Å². The number of aromatic hydroxyl groups is 1. The fraction of sp³-hybridized carbons (Fsp3) is 0.778. The second-order valence-electron chi connectivity index (χ2n) is 15.2.